The number of rotatable bonds is 7. The van der Waals surface area contributed by atoms with Crippen LogP contribution in [0.5, 0.6) is 0 Å². The van der Waals surface area contributed by atoms with E-state index in [1.54, 1.807) is 6.07 Å². The zero-order valence-electron chi connectivity index (χ0n) is 11.4. The quantitative estimate of drug-likeness (QED) is 0.786. The number of aromatic nitrogens is 1. The molecule has 0 radical (unpaired) electrons. The van der Waals surface area contributed by atoms with E-state index in [0.717, 1.165) is 25.1 Å². The fourth-order valence-electron chi connectivity index (χ4n) is 1.90. The van der Waals surface area contributed by atoms with Crippen LogP contribution in [-0.2, 0) is 0 Å². The van der Waals surface area contributed by atoms with Crippen LogP contribution in [0.15, 0.2) is 18.3 Å². The summed E-state index contributed by atoms with van der Waals surface area (Å²) in [5.74, 6) is -0.322. The SMILES string of the molecule is CCC(CC)(CO)CNC(C)c1ccc(F)cn1. The fourth-order valence-corrected chi connectivity index (χ4v) is 1.90. The first kappa shape index (κ1) is 15.1. The Balaban J connectivity index is 2.59. The van der Waals surface area contributed by atoms with Gasteiger partial charge in [-0.1, -0.05) is 13.8 Å². The highest BCUT2D eigenvalue weighted by molar-refractivity contribution is 5.09. The first-order valence-electron chi connectivity index (χ1n) is 6.52. The molecule has 0 fully saturated rings. The molecular formula is C14H23FN2O. The maximum Gasteiger partial charge on any atom is 0.141 e. The lowest BCUT2D eigenvalue weighted by atomic mass is 9.83. The molecule has 1 unspecified atom stereocenters. The molecule has 1 aromatic heterocycles. The lowest BCUT2D eigenvalue weighted by molar-refractivity contribution is 0.110. The highest BCUT2D eigenvalue weighted by Gasteiger charge is 2.25. The first-order valence-corrected chi connectivity index (χ1v) is 6.52. The van der Waals surface area contributed by atoms with Crippen LogP contribution in [0.1, 0.15) is 45.3 Å². The summed E-state index contributed by atoms with van der Waals surface area (Å²) < 4.78 is 12.8. The van der Waals surface area contributed by atoms with Crippen molar-refractivity contribution in [1.82, 2.24) is 10.3 Å². The van der Waals surface area contributed by atoms with Crippen molar-refractivity contribution < 1.29 is 9.50 Å². The molecule has 1 rings (SSSR count). The van der Waals surface area contributed by atoms with Crippen molar-refractivity contribution in [2.24, 2.45) is 5.41 Å². The van der Waals surface area contributed by atoms with Crippen LogP contribution in [-0.4, -0.2) is 23.2 Å². The van der Waals surface area contributed by atoms with Crippen molar-refractivity contribution in [3.63, 3.8) is 0 Å². The summed E-state index contributed by atoms with van der Waals surface area (Å²) in [5.41, 5.74) is 0.740. The maximum absolute atomic E-state index is 12.8. The highest BCUT2D eigenvalue weighted by atomic mass is 19.1. The minimum Gasteiger partial charge on any atom is -0.396 e. The standard InChI is InChI=1S/C14H23FN2O/c1-4-14(5-2,10-18)9-17-11(3)13-7-6-12(15)8-16-13/h6-8,11,17-18H,4-5,9-10H2,1-3H3. The molecular weight excluding hydrogens is 231 g/mol. The monoisotopic (exact) mass is 254 g/mol. The Hall–Kier alpha value is -1.00. The number of hydrogen-bond donors (Lipinski definition) is 2. The fraction of sp³-hybridized carbons (Fsp3) is 0.643. The molecule has 0 aromatic carbocycles. The summed E-state index contributed by atoms with van der Waals surface area (Å²) in [5, 5.41) is 12.9. The molecule has 102 valence electrons. The van der Waals surface area contributed by atoms with Crippen LogP contribution < -0.4 is 5.32 Å². The van der Waals surface area contributed by atoms with Crippen molar-refractivity contribution in [2.45, 2.75) is 39.7 Å². The van der Waals surface area contributed by atoms with E-state index in [4.69, 9.17) is 0 Å². The smallest absolute Gasteiger partial charge is 0.141 e. The molecule has 0 amide bonds. The van der Waals surface area contributed by atoms with Crippen LogP contribution in [0.4, 0.5) is 4.39 Å². The van der Waals surface area contributed by atoms with Crippen LogP contribution in [0, 0.1) is 11.2 Å². The van der Waals surface area contributed by atoms with E-state index in [0.29, 0.717) is 0 Å². The van der Waals surface area contributed by atoms with Crippen molar-refractivity contribution >= 4 is 0 Å². The van der Waals surface area contributed by atoms with E-state index in [1.165, 1.54) is 12.3 Å². The molecule has 18 heavy (non-hydrogen) atoms. The molecule has 0 saturated heterocycles. The van der Waals surface area contributed by atoms with Gasteiger partial charge in [0.05, 0.1) is 11.9 Å². The van der Waals surface area contributed by atoms with E-state index in [-0.39, 0.29) is 23.9 Å². The van der Waals surface area contributed by atoms with Gasteiger partial charge in [0.1, 0.15) is 5.82 Å². The minimum atomic E-state index is -0.322. The molecule has 0 aliphatic heterocycles. The Kier molecular flexibility index (Phi) is 5.69. The van der Waals surface area contributed by atoms with Gasteiger partial charge in [0.2, 0.25) is 0 Å². The van der Waals surface area contributed by atoms with Crippen LogP contribution in [0.2, 0.25) is 0 Å². The van der Waals surface area contributed by atoms with E-state index >= 15 is 0 Å². The molecule has 0 saturated carbocycles. The molecule has 2 N–H and O–H groups in total. The third-order valence-electron chi connectivity index (χ3n) is 3.81. The molecule has 0 aliphatic rings. The van der Waals surface area contributed by atoms with Gasteiger partial charge in [0.15, 0.2) is 0 Å². The van der Waals surface area contributed by atoms with Crippen molar-refractivity contribution in [1.29, 1.82) is 0 Å². The Morgan fingerprint density at radius 1 is 1.39 bits per heavy atom. The number of halogens is 1. The third-order valence-corrected chi connectivity index (χ3v) is 3.81. The number of hydrogen-bond acceptors (Lipinski definition) is 3. The van der Waals surface area contributed by atoms with E-state index in [2.05, 4.69) is 24.1 Å². The van der Waals surface area contributed by atoms with Gasteiger partial charge in [0.25, 0.3) is 0 Å². The Morgan fingerprint density at radius 2 is 2.06 bits per heavy atom. The van der Waals surface area contributed by atoms with Gasteiger partial charge in [0, 0.05) is 24.6 Å². The number of nitrogens with one attached hydrogen (secondary N) is 1. The van der Waals surface area contributed by atoms with Gasteiger partial charge in [-0.2, -0.15) is 0 Å². The topological polar surface area (TPSA) is 45.1 Å². The van der Waals surface area contributed by atoms with Crippen molar-refractivity contribution in [3.8, 4) is 0 Å². The van der Waals surface area contributed by atoms with Gasteiger partial charge >= 0.3 is 0 Å². The summed E-state index contributed by atoms with van der Waals surface area (Å²) >= 11 is 0. The number of nitrogens with zero attached hydrogens (tertiary/aromatic N) is 1. The first-order chi connectivity index (χ1) is 8.56. The summed E-state index contributed by atoms with van der Waals surface area (Å²) in [4.78, 5) is 4.06. The predicted molar refractivity (Wildman–Crippen MR) is 70.7 cm³/mol. The summed E-state index contributed by atoms with van der Waals surface area (Å²) in [6.07, 6.45) is 3.08. The number of aliphatic hydroxyl groups is 1. The van der Waals surface area contributed by atoms with E-state index in [9.17, 15) is 9.50 Å². The van der Waals surface area contributed by atoms with Gasteiger partial charge in [-0.05, 0) is 31.9 Å². The maximum atomic E-state index is 12.8. The Bertz CT molecular complexity index is 341. The summed E-state index contributed by atoms with van der Waals surface area (Å²) in [7, 11) is 0. The summed E-state index contributed by atoms with van der Waals surface area (Å²) in [6.45, 7) is 7.07. The van der Waals surface area contributed by atoms with Crippen LogP contribution >= 0.6 is 0 Å². The molecule has 1 heterocycles. The largest absolute Gasteiger partial charge is 0.396 e. The minimum absolute atomic E-state index is 0.0506. The predicted octanol–water partition coefficient (Wildman–Crippen LogP) is 2.67. The van der Waals surface area contributed by atoms with Crippen LogP contribution in [0.25, 0.3) is 0 Å². The average Bonchev–Trinajstić information content (AvgIpc) is 2.41. The molecule has 0 aliphatic carbocycles. The van der Waals surface area contributed by atoms with E-state index < -0.39 is 0 Å². The molecule has 0 bridgehead atoms. The zero-order valence-corrected chi connectivity index (χ0v) is 11.4. The van der Waals surface area contributed by atoms with E-state index in [1.807, 2.05) is 6.92 Å². The normalized spacial score (nSPS) is 13.6. The van der Waals surface area contributed by atoms with Gasteiger partial charge in [-0.15, -0.1) is 0 Å². The molecule has 4 heteroatoms. The molecule has 3 nitrogen and oxygen atoms in total. The van der Waals surface area contributed by atoms with Crippen molar-refractivity contribution in [2.75, 3.05) is 13.2 Å². The second-order valence-corrected chi connectivity index (χ2v) is 4.87. The second kappa shape index (κ2) is 6.81. The summed E-state index contributed by atoms with van der Waals surface area (Å²) in [6, 6.07) is 3.15. The second-order valence-electron chi connectivity index (χ2n) is 4.87. The lowest BCUT2D eigenvalue weighted by Gasteiger charge is -2.31. The van der Waals surface area contributed by atoms with Crippen LogP contribution in [0.3, 0.4) is 0 Å². The van der Waals surface area contributed by atoms with Gasteiger partial charge < -0.3 is 10.4 Å². The van der Waals surface area contributed by atoms with Crippen molar-refractivity contribution in [3.05, 3.63) is 29.8 Å². The Morgan fingerprint density at radius 3 is 2.50 bits per heavy atom. The van der Waals surface area contributed by atoms with Gasteiger partial charge in [-0.25, -0.2) is 4.39 Å². The lowest BCUT2D eigenvalue weighted by Crippen LogP contribution is -2.37. The number of aliphatic hydroxyl groups excluding tert-OH is 1. The highest BCUT2D eigenvalue weighted by Crippen LogP contribution is 2.25. The molecule has 1 aromatic rings. The third kappa shape index (κ3) is 3.75. The average molecular weight is 254 g/mol. The molecule has 0 spiro atoms. The molecule has 1 atom stereocenters. The zero-order chi connectivity index (χ0) is 13.6. The van der Waals surface area contributed by atoms with Gasteiger partial charge in [-0.3, -0.25) is 4.98 Å². The number of pyridine rings is 1. The Labute approximate surface area is 108 Å².